The number of likely N-dealkylation sites (N-methyl/N-ethyl adjacent to an activating group) is 1. The van der Waals surface area contributed by atoms with Crippen LogP contribution in [0.1, 0.15) is 21.6 Å². The molecule has 4 heteroatoms. The Morgan fingerprint density at radius 1 is 1.29 bits per heavy atom. The highest BCUT2D eigenvalue weighted by Gasteiger charge is 2.08. The van der Waals surface area contributed by atoms with Gasteiger partial charge in [-0.2, -0.15) is 0 Å². The standard InChI is InChI=1S/C17H18ClNOS/c1-12-4-5-14(10-15(12)18)6-7-17(20)19(3)11-16-13(2)8-9-21-16/h4-10H,11H2,1-3H3/b7-6+. The number of hydrogen-bond donors (Lipinski definition) is 0. The molecule has 0 unspecified atom stereocenters. The van der Waals surface area contributed by atoms with Crippen LogP contribution < -0.4 is 0 Å². The van der Waals surface area contributed by atoms with Gasteiger partial charge in [0.1, 0.15) is 0 Å². The highest BCUT2D eigenvalue weighted by atomic mass is 35.5. The van der Waals surface area contributed by atoms with Crippen LogP contribution in [0.4, 0.5) is 0 Å². The second-order valence-electron chi connectivity index (χ2n) is 5.06. The number of amides is 1. The Balaban J connectivity index is 2.01. The van der Waals surface area contributed by atoms with E-state index in [9.17, 15) is 4.79 Å². The van der Waals surface area contributed by atoms with E-state index in [4.69, 9.17) is 11.6 Å². The van der Waals surface area contributed by atoms with Gasteiger partial charge in [0.25, 0.3) is 0 Å². The zero-order chi connectivity index (χ0) is 15.4. The van der Waals surface area contributed by atoms with Crippen LogP contribution in [0.25, 0.3) is 6.08 Å². The van der Waals surface area contributed by atoms with E-state index in [1.54, 1.807) is 28.4 Å². The third-order valence-electron chi connectivity index (χ3n) is 3.34. The lowest BCUT2D eigenvalue weighted by Gasteiger charge is -2.14. The average Bonchev–Trinajstić information content (AvgIpc) is 2.85. The molecule has 0 N–H and O–H groups in total. The summed E-state index contributed by atoms with van der Waals surface area (Å²) in [5.74, 6) is -0.0144. The topological polar surface area (TPSA) is 20.3 Å². The predicted octanol–water partition coefficient (Wildman–Crippen LogP) is 4.69. The minimum absolute atomic E-state index is 0.0144. The maximum absolute atomic E-state index is 12.1. The molecule has 1 aromatic carbocycles. The number of halogens is 1. The number of rotatable bonds is 4. The minimum atomic E-state index is -0.0144. The fourth-order valence-electron chi connectivity index (χ4n) is 1.87. The maximum atomic E-state index is 12.1. The number of carbonyl (C=O) groups excluding carboxylic acids is 1. The fourth-order valence-corrected chi connectivity index (χ4v) is 3.01. The van der Waals surface area contributed by atoms with Gasteiger partial charge in [-0.25, -0.2) is 0 Å². The summed E-state index contributed by atoms with van der Waals surface area (Å²) >= 11 is 7.75. The Kier molecular flexibility index (Phi) is 5.21. The van der Waals surface area contributed by atoms with Crippen LogP contribution in [0.3, 0.4) is 0 Å². The van der Waals surface area contributed by atoms with E-state index in [-0.39, 0.29) is 5.91 Å². The Bertz CT molecular complexity index is 675. The molecule has 0 bridgehead atoms. The zero-order valence-corrected chi connectivity index (χ0v) is 14.0. The second kappa shape index (κ2) is 6.92. The third kappa shape index (κ3) is 4.19. The molecule has 2 rings (SSSR count). The molecule has 2 aromatic rings. The van der Waals surface area contributed by atoms with Crippen molar-refractivity contribution < 1.29 is 4.79 Å². The van der Waals surface area contributed by atoms with E-state index >= 15 is 0 Å². The summed E-state index contributed by atoms with van der Waals surface area (Å²) in [7, 11) is 1.81. The van der Waals surface area contributed by atoms with E-state index in [0.717, 1.165) is 11.1 Å². The third-order valence-corrected chi connectivity index (χ3v) is 4.75. The van der Waals surface area contributed by atoms with Crippen LogP contribution in [0.15, 0.2) is 35.7 Å². The summed E-state index contributed by atoms with van der Waals surface area (Å²) in [4.78, 5) is 15.0. The van der Waals surface area contributed by atoms with Crippen molar-refractivity contribution in [2.75, 3.05) is 7.05 Å². The molecule has 0 saturated heterocycles. The molecule has 0 atom stereocenters. The molecule has 0 aliphatic carbocycles. The van der Waals surface area contributed by atoms with Crippen LogP contribution in [0.5, 0.6) is 0 Å². The molecule has 0 saturated carbocycles. The van der Waals surface area contributed by atoms with Gasteiger partial charge in [0.05, 0.1) is 6.54 Å². The van der Waals surface area contributed by atoms with Crippen molar-refractivity contribution in [3.63, 3.8) is 0 Å². The molecule has 0 fully saturated rings. The van der Waals surface area contributed by atoms with Crippen molar-refractivity contribution in [3.05, 3.63) is 62.3 Å². The summed E-state index contributed by atoms with van der Waals surface area (Å²) < 4.78 is 0. The highest BCUT2D eigenvalue weighted by molar-refractivity contribution is 7.10. The Morgan fingerprint density at radius 2 is 2.05 bits per heavy atom. The van der Waals surface area contributed by atoms with Gasteiger partial charge >= 0.3 is 0 Å². The first-order valence-corrected chi connectivity index (χ1v) is 7.95. The number of hydrogen-bond acceptors (Lipinski definition) is 2. The molecular weight excluding hydrogens is 302 g/mol. The molecule has 0 aliphatic rings. The van der Waals surface area contributed by atoms with Crippen LogP contribution in [0.2, 0.25) is 5.02 Å². The molecule has 1 heterocycles. The number of thiophene rings is 1. The smallest absolute Gasteiger partial charge is 0.246 e. The molecule has 0 aliphatic heterocycles. The van der Waals surface area contributed by atoms with E-state index in [1.165, 1.54) is 10.4 Å². The monoisotopic (exact) mass is 319 g/mol. The summed E-state index contributed by atoms with van der Waals surface area (Å²) in [5.41, 5.74) is 3.19. The summed E-state index contributed by atoms with van der Waals surface area (Å²) in [6.45, 7) is 4.66. The van der Waals surface area contributed by atoms with Crippen molar-refractivity contribution in [2.45, 2.75) is 20.4 Å². The van der Waals surface area contributed by atoms with Crippen LogP contribution >= 0.6 is 22.9 Å². The molecule has 2 nitrogen and oxygen atoms in total. The van der Waals surface area contributed by atoms with Crippen molar-refractivity contribution in [1.82, 2.24) is 4.90 Å². The van der Waals surface area contributed by atoms with Crippen molar-refractivity contribution >= 4 is 34.9 Å². The lowest BCUT2D eigenvalue weighted by molar-refractivity contribution is -0.125. The minimum Gasteiger partial charge on any atom is -0.337 e. The zero-order valence-electron chi connectivity index (χ0n) is 12.4. The van der Waals surface area contributed by atoms with Crippen LogP contribution in [-0.4, -0.2) is 17.9 Å². The SMILES string of the molecule is Cc1ccc(/C=C/C(=O)N(C)Cc2sccc2C)cc1Cl. The van der Waals surface area contributed by atoms with Gasteiger partial charge in [-0.3, -0.25) is 4.79 Å². The largest absolute Gasteiger partial charge is 0.337 e. The first-order valence-electron chi connectivity index (χ1n) is 6.69. The van der Waals surface area contributed by atoms with Crippen molar-refractivity contribution in [3.8, 4) is 0 Å². The normalized spacial score (nSPS) is 11.0. The van der Waals surface area contributed by atoms with Crippen molar-refractivity contribution in [1.29, 1.82) is 0 Å². The number of benzene rings is 1. The number of nitrogens with zero attached hydrogens (tertiary/aromatic N) is 1. The summed E-state index contributed by atoms with van der Waals surface area (Å²) in [6, 6.07) is 7.84. The Hall–Kier alpha value is -1.58. The summed E-state index contributed by atoms with van der Waals surface area (Å²) in [6.07, 6.45) is 3.38. The first-order chi connectivity index (χ1) is 9.97. The second-order valence-corrected chi connectivity index (χ2v) is 6.47. The van der Waals surface area contributed by atoms with Crippen LogP contribution in [-0.2, 0) is 11.3 Å². The summed E-state index contributed by atoms with van der Waals surface area (Å²) in [5, 5.41) is 2.76. The Morgan fingerprint density at radius 3 is 2.67 bits per heavy atom. The van der Waals surface area contributed by atoms with E-state index in [2.05, 4.69) is 13.0 Å². The number of carbonyl (C=O) groups is 1. The lowest BCUT2D eigenvalue weighted by atomic mass is 10.1. The van der Waals surface area contributed by atoms with E-state index in [1.807, 2.05) is 37.6 Å². The quantitative estimate of drug-likeness (QED) is 0.749. The predicted molar refractivity (Wildman–Crippen MR) is 90.8 cm³/mol. The van der Waals surface area contributed by atoms with Crippen molar-refractivity contribution in [2.24, 2.45) is 0 Å². The van der Waals surface area contributed by atoms with Gasteiger partial charge in [-0.1, -0.05) is 23.7 Å². The molecule has 21 heavy (non-hydrogen) atoms. The van der Waals surface area contributed by atoms with Gasteiger partial charge in [-0.05, 0) is 54.1 Å². The molecular formula is C17H18ClNOS. The molecule has 1 amide bonds. The molecule has 110 valence electrons. The average molecular weight is 320 g/mol. The molecule has 0 spiro atoms. The molecule has 1 aromatic heterocycles. The first kappa shape index (κ1) is 15.8. The highest BCUT2D eigenvalue weighted by Crippen LogP contribution is 2.19. The van der Waals surface area contributed by atoms with Gasteiger partial charge in [0.15, 0.2) is 0 Å². The van der Waals surface area contributed by atoms with E-state index in [0.29, 0.717) is 11.6 Å². The van der Waals surface area contributed by atoms with Gasteiger partial charge in [0, 0.05) is 23.0 Å². The van der Waals surface area contributed by atoms with Crippen LogP contribution in [0, 0.1) is 13.8 Å². The number of aryl methyl sites for hydroxylation is 2. The fraction of sp³-hybridized carbons (Fsp3) is 0.235. The van der Waals surface area contributed by atoms with E-state index < -0.39 is 0 Å². The van der Waals surface area contributed by atoms with Gasteiger partial charge in [0.2, 0.25) is 5.91 Å². The lowest BCUT2D eigenvalue weighted by Crippen LogP contribution is -2.23. The molecule has 0 radical (unpaired) electrons. The maximum Gasteiger partial charge on any atom is 0.246 e. The van der Waals surface area contributed by atoms with Gasteiger partial charge < -0.3 is 4.90 Å². The van der Waals surface area contributed by atoms with Gasteiger partial charge in [-0.15, -0.1) is 11.3 Å². The Labute approximate surface area is 134 Å².